The number of aromatic nitrogens is 4. The molecule has 2 aromatic rings. The van der Waals surface area contributed by atoms with Gasteiger partial charge in [-0.3, -0.25) is 4.79 Å². The first kappa shape index (κ1) is 15.6. The fourth-order valence-electron chi connectivity index (χ4n) is 2.03. The van der Waals surface area contributed by atoms with Crippen LogP contribution in [-0.4, -0.2) is 31.1 Å². The van der Waals surface area contributed by atoms with Crippen LogP contribution in [0.15, 0.2) is 11.6 Å². The van der Waals surface area contributed by atoms with E-state index in [0.717, 1.165) is 37.1 Å². The molecule has 2 rings (SSSR count). The Labute approximate surface area is 127 Å². The average molecular weight is 308 g/mol. The summed E-state index contributed by atoms with van der Waals surface area (Å²) in [5.41, 5.74) is 1.93. The van der Waals surface area contributed by atoms with E-state index in [9.17, 15) is 4.79 Å². The molecule has 0 bridgehead atoms. The highest BCUT2D eigenvalue weighted by Crippen LogP contribution is 2.13. The van der Waals surface area contributed by atoms with Gasteiger partial charge in [-0.1, -0.05) is 12.1 Å². The fraction of sp³-hybridized carbons (Fsp3) is 0.571. The molecule has 0 saturated carbocycles. The first-order valence-corrected chi connectivity index (χ1v) is 8.09. The summed E-state index contributed by atoms with van der Waals surface area (Å²) in [5.74, 6) is -0.745. The molecule has 0 fully saturated rings. The normalized spacial score (nSPS) is 10.9. The molecule has 0 spiro atoms. The van der Waals surface area contributed by atoms with Crippen LogP contribution >= 0.6 is 11.3 Å². The molecule has 0 aliphatic rings. The molecule has 0 aromatic carbocycles. The van der Waals surface area contributed by atoms with Crippen molar-refractivity contribution in [3.8, 4) is 0 Å². The van der Waals surface area contributed by atoms with E-state index in [2.05, 4.69) is 27.6 Å². The van der Waals surface area contributed by atoms with Crippen molar-refractivity contribution in [1.29, 1.82) is 0 Å². The Bertz CT molecular complexity index is 579. The van der Waals surface area contributed by atoms with Crippen molar-refractivity contribution in [2.24, 2.45) is 0 Å². The lowest BCUT2D eigenvalue weighted by molar-refractivity contribution is -0.137. The lowest BCUT2D eigenvalue weighted by Crippen LogP contribution is -2.01. The predicted octanol–water partition coefficient (Wildman–Crippen LogP) is 2.53. The lowest BCUT2D eigenvalue weighted by Gasteiger charge is -1.96. The predicted molar refractivity (Wildman–Crippen MR) is 80.4 cm³/mol. The van der Waals surface area contributed by atoms with Crippen LogP contribution in [0.5, 0.6) is 0 Å². The number of aliphatic carboxylic acids is 1. The molecular formula is C14H20N4O2S. The number of carboxylic acid groups (broad SMARTS) is 1. The van der Waals surface area contributed by atoms with Gasteiger partial charge >= 0.3 is 5.97 Å². The SMILES string of the molecule is CCCc1nc(Cn2cc(CCCCC(=O)O)nn2)cs1. The molecule has 0 unspecified atom stereocenters. The van der Waals surface area contributed by atoms with Gasteiger partial charge in [-0.05, 0) is 32.1 Å². The van der Waals surface area contributed by atoms with E-state index in [4.69, 9.17) is 5.11 Å². The number of carboxylic acids is 1. The van der Waals surface area contributed by atoms with E-state index in [-0.39, 0.29) is 6.42 Å². The molecule has 114 valence electrons. The molecule has 0 aliphatic carbocycles. The lowest BCUT2D eigenvalue weighted by atomic mass is 10.1. The topological polar surface area (TPSA) is 80.9 Å². The van der Waals surface area contributed by atoms with Crippen LogP contribution in [0.2, 0.25) is 0 Å². The van der Waals surface area contributed by atoms with Crippen LogP contribution in [-0.2, 0) is 24.2 Å². The summed E-state index contributed by atoms with van der Waals surface area (Å²) in [5, 5.41) is 20.0. The van der Waals surface area contributed by atoms with Crippen LogP contribution < -0.4 is 0 Å². The summed E-state index contributed by atoms with van der Waals surface area (Å²) < 4.78 is 1.79. The standard InChI is InChI=1S/C14H20N4O2S/c1-2-5-13-15-12(10-21-13)9-18-8-11(16-17-18)6-3-4-7-14(19)20/h8,10H,2-7,9H2,1H3,(H,19,20). The highest BCUT2D eigenvalue weighted by atomic mass is 32.1. The van der Waals surface area contributed by atoms with Crippen molar-refractivity contribution in [3.05, 3.63) is 28.0 Å². The van der Waals surface area contributed by atoms with E-state index >= 15 is 0 Å². The molecule has 2 aromatic heterocycles. The molecule has 21 heavy (non-hydrogen) atoms. The minimum Gasteiger partial charge on any atom is -0.481 e. The molecular weight excluding hydrogens is 288 g/mol. The molecule has 0 amide bonds. The summed E-state index contributed by atoms with van der Waals surface area (Å²) in [6.45, 7) is 2.79. The third-order valence-corrected chi connectivity index (χ3v) is 4.00. The molecule has 2 heterocycles. The highest BCUT2D eigenvalue weighted by molar-refractivity contribution is 7.09. The van der Waals surface area contributed by atoms with Crippen LogP contribution in [0.1, 0.15) is 49.0 Å². The summed E-state index contributed by atoms with van der Waals surface area (Å²) >= 11 is 1.69. The minimum atomic E-state index is -0.745. The van der Waals surface area contributed by atoms with E-state index in [0.29, 0.717) is 13.0 Å². The van der Waals surface area contributed by atoms with Crippen molar-refractivity contribution in [2.75, 3.05) is 0 Å². The van der Waals surface area contributed by atoms with Crippen molar-refractivity contribution >= 4 is 17.3 Å². The third kappa shape index (κ3) is 5.26. The Morgan fingerprint density at radius 1 is 1.33 bits per heavy atom. The van der Waals surface area contributed by atoms with Gasteiger partial charge in [0.05, 0.1) is 22.9 Å². The molecule has 7 heteroatoms. The first-order valence-electron chi connectivity index (χ1n) is 7.21. The van der Waals surface area contributed by atoms with Gasteiger partial charge in [0, 0.05) is 18.0 Å². The minimum absolute atomic E-state index is 0.215. The van der Waals surface area contributed by atoms with Crippen molar-refractivity contribution in [3.63, 3.8) is 0 Å². The van der Waals surface area contributed by atoms with Gasteiger partial charge < -0.3 is 5.11 Å². The second-order valence-corrected chi connectivity index (χ2v) is 5.93. The molecule has 1 N–H and O–H groups in total. The van der Waals surface area contributed by atoms with Gasteiger partial charge in [-0.2, -0.15) is 0 Å². The summed E-state index contributed by atoms with van der Waals surface area (Å²) in [6, 6.07) is 0. The molecule has 0 atom stereocenters. The Morgan fingerprint density at radius 3 is 2.95 bits per heavy atom. The van der Waals surface area contributed by atoms with Crippen LogP contribution in [0.3, 0.4) is 0 Å². The maximum atomic E-state index is 10.4. The van der Waals surface area contributed by atoms with E-state index in [1.165, 1.54) is 5.01 Å². The number of carbonyl (C=O) groups is 1. The van der Waals surface area contributed by atoms with Crippen LogP contribution in [0.25, 0.3) is 0 Å². The van der Waals surface area contributed by atoms with E-state index in [1.807, 2.05) is 6.20 Å². The fourth-order valence-corrected chi connectivity index (χ4v) is 2.92. The van der Waals surface area contributed by atoms with Crippen LogP contribution in [0, 0.1) is 0 Å². The van der Waals surface area contributed by atoms with Gasteiger partial charge in [0.15, 0.2) is 0 Å². The Balaban J connectivity index is 1.80. The van der Waals surface area contributed by atoms with Gasteiger partial charge in [0.1, 0.15) is 0 Å². The zero-order valence-corrected chi connectivity index (χ0v) is 13.0. The average Bonchev–Trinajstić information content (AvgIpc) is 3.05. The van der Waals surface area contributed by atoms with Gasteiger partial charge in [-0.15, -0.1) is 16.4 Å². The van der Waals surface area contributed by atoms with Gasteiger partial charge in [-0.25, -0.2) is 9.67 Å². The zero-order valence-electron chi connectivity index (χ0n) is 12.2. The van der Waals surface area contributed by atoms with Crippen molar-refractivity contribution < 1.29 is 9.90 Å². The number of unbranched alkanes of at least 4 members (excludes halogenated alkanes) is 1. The Morgan fingerprint density at radius 2 is 2.19 bits per heavy atom. The molecule has 0 aliphatic heterocycles. The first-order chi connectivity index (χ1) is 10.2. The third-order valence-electron chi connectivity index (χ3n) is 3.05. The Hall–Kier alpha value is -1.76. The number of rotatable bonds is 9. The van der Waals surface area contributed by atoms with E-state index < -0.39 is 5.97 Å². The zero-order chi connectivity index (χ0) is 15.1. The molecule has 0 saturated heterocycles. The van der Waals surface area contributed by atoms with Crippen molar-refractivity contribution in [1.82, 2.24) is 20.0 Å². The maximum absolute atomic E-state index is 10.4. The summed E-state index contributed by atoms with van der Waals surface area (Å²) in [7, 11) is 0. The van der Waals surface area contributed by atoms with Crippen LogP contribution in [0.4, 0.5) is 0 Å². The molecule has 6 nitrogen and oxygen atoms in total. The maximum Gasteiger partial charge on any atom is 0.303 e. The number of thiazole rings is 1. The number of hydrogen-bond acceptors (Lipinski definition) is 5. The monoisotopic (exact) mass is 308 g/mol. The van der Waals surface area contributed by atoms with E-state index in [1.54, 1.807) is 16.0 Å². The number of nitrogens with zero attached hydrogens (tertiary/aromatic N) is 4. The van der Waals surface area contributed by atoms with Crippen molar-refractivity contribution in [2.45, 2.75) is 52.0 Å². The largest absolute Gasteiger partial charge is 0.481 e. The summed E-state index contributed by atoms with van der Waals surface area (Å²) in [6.07, 6.45) is 6.53. The van der Waals surface area contributed by atoms with Gasteiger partial charge in [0.2, 0.25) is 0 Å². The summed E-state index contributed by atoms with van der Waals surface area (Å²) in [4.78, 5) is 15.0. The quantitative estimate of drug-likeness (QED) is 0.720. The smallest absolute Gasteiger partial charge is 0.303 e. The number of aryl methyl sites for hydroxylation is 2. The second-order valence-electron chi connectivity index (χ2n) is 4.99. The molecule has 0 radical (unpaired) electrons. The van der Waals surface area contributed by atoms with Gasteiger partial charge in [0.25, 0.3) is 0 Å². The highest BCUT2D eigenvalue weighted by Gasteiger charge is 2.06. The number of hydrogen-bond donors (Lipinski definition) is 1. The Kier molecular flexibility index (Phi) is 5.86. The second kappa shape index (κ2) is 7.87.